The van der Waals surface area contributed by atoms with Gasteiger partial charge < -0.3 is 93.7 Å². The Morgan fingerprint density at radius 1 is 0.740 bits per heavy atom. The SMILES string of the molecule is CO[C@@H]1[C@@H](O)[C@H](O[C@H]2CC[C@@]3(C)C(CC[C@]4(O)[C@@H]3CC[C@]3(C)[C@@H]([C@H](C)OC(=O)CC(C)C)C[C@@H](OC(=O)c5ccccc5)[C@@]34O)C2)O[C@H](C)[C@@H]1O[C@@H]1O[C@H](CO[C@@H]2O[C@H](CO)[C@@H](O)[C@H](O)[C@H]2O)[C@@H](O)[C@H](O)[C@H]1O. The molecule has 4 saturated carbocycles. The van der Waals surface area contributed by atoms with Crippen LogP contribution in [0.2, 0.25) is 0 Å². The van der Waals surface area contributed by atoms with Gasteiger partial charge in [-0.25, -0.2) is 4.79 Å². The molecule has 1 unspecified atom stereocenters. The van der Waals surface area contributed by atoms with Crippen LogP contribution in [0.5, 0.6) is 0 Å². The van der Waals surface area contributed by atoms with Crippen LogP contribution >= 0.6 is 0 Å². The van der Waals surface area contributed by atoms with Crippen molar-refractivity contribution in [2.75, 3.05) is 20.3 Å². The second-order valence-corrected chi connectivity index (χ2v) is 22.9. The monoisotopic (exact) mass is 1040 g/mol. The summed E-state index contributed by atoms with van der Waals surface area (Å²) in [5, 5.41) is 112. The number of hydrogen-bond acceptors (Lipinski definition) is 21. The number of benzene rings is 1. The predicted octanol–water partition coefficient (Wildman–Crippen LogP) is 0.204. The van der Waals surface area contributed by atoms with Crippen molar-refractivity contribution in [1.82, 2.24) is 0 Å². The van der Waals surface area contributed by atoms with Crippen molar-refractivity contribution in [2.45, 2.75) is 221 Å². The van der Waals surface area contributed by atoms with E-state index in [1.165, 1.54) is 7.11 Å². The number of methoxy groups -OCH3 is 1. The molecule has 1 aromatic rings. The third kappa shape index (κ3) is 10.2. The topological polar surface area (TPSA) is 320 Å². The predicted molar refractivity (Wildman–Crippen MR) is 251 cm³/mol. The van der Waals surface area contributed by atoms with Crippen LogP contribution in [0.25, 0.3) is 0 Å². The highest BCUT2D eigenvalue weighted by Crippen LogP contribution is 2.71. The summed E-state index contributed by atoms with van der Waals surface area (Å²) in [4.78, 5) is 26.8. The van der Waals surface area contributed by atoms with E-state index >= 15 is 0 Å². The summed E-state index contributed by atoms with van der Waals surface area (Å²) < 4.78 is 53.8. The van der Waals surface area contributed by atoms with Crippen molar-refractivity contribution in [1.29, 1.82) is 0 Å². The normalized spacial score (nSPS) is 48.2. The van der Waals surface area contributed by atoms with Gasteiger partial charge >= 0.3 is 11.9 Å². The molecule has 414 valence electrons. The standard InChI is InChI=1S/C52H80O21/c1-24(2)19-35(54)67-25(3)30-21-34(72-45(62)27-11-9-8-10-12-27)52(64)50(30,6)17-15-33-49(5)16-14-29(20-28(49)13-18-51(33,52)63)69-48-42(61)44(65-7)43(26(4)68-48)73-47-41(60)39(58)37(56)32(71-47)23-66-46-40(59)38(57)36(55)31(22-53)70-46/h8-12,24-26,28-34,36-44,46-48,53,55-61,63-64H,13-23H2,1-7H3/t25-,26+,28?,29-,30+,31+,32+,33+,34+,36+,37+,38-,39-,40+,41+,42+,43-,44+,46+,47-,48-,49-,50+,51-,52+/m0/s1. The number of esters is 2. The third-order valence-electron chi connectivity index (χ3n) is 18.3. The molecule has 10 N–H and O–H groups in total. The fourth-order valence-electron chi connectivity index (χ4n) is 14.2. The zero-order valence-electron chi connectivity index (χ0n) is 42.8. The zero-order valence-corrected chi connectivity index (χ0v) is 42.8. The second kappa shape index (κ2) is 22.1. The van der Waals surface area contributed by atoms with E-state index < -0.39 is 163 Å². The maximum absolute atomic E-state index is 13.8. The summed E-state index contributed by atoms with van der Waals surface area (Å²) in [5.41, 5.74) is -4.76. The van der Waals surface area contributed by atoms with Crippen LogP contribution in [0.3, 0.4) is 0 Å². The molecule has 0 amide bonds. The van der Waals surface area contributed by atoms with Crippen LogP contribution in [0, 0.1) is 34.5 Å². The molecule has 3 heterocycles. The first-order chi connectivity index (χ1) is 34.4. The molecule has 21 heteroatoms. The van der Waals surface area contributed by atoms with E-state index in [0.717, 1.165) is 0 Å². The van der Waals surface area contributed by atoms with Crippen LogP contribution in [0.15, 0.2) is 30.3 Å². The highest BCUT2D eigenvalue weighted by molar-refractivity contribution is 5.89. The van der Waals surface area contributed by atoms with E-state index in [-0.39, 0.29) is 37.1 Å². The Hall–Kier alpha value is -2.52. The Kier molecular flexibility index (Phi) is 17.1. The first-order valence-electron chi connectivity index (χ1n) is 26.1. The van der Waals surface area contributed by atoms with Gasteiger partial charge in [-0.1, -0.05) is 45.9 Å². The highest BCUT2D eigenvalue weighted by atomic mass is 16.8. The number of carbonyl (C=O) groups excluding carboxylic acids is 2. The molecule has 0 aromatic heterocycles. The van der Waals surface area contributed by atoms with Crippen LogP contribution in [-0.2, 0) is 47.4 Å². The van der Waals surface area contributed by atoms with Gasteiger partial charge in [0.25, 0.3) is 0 Å². The molecule has 8 rings (SSSR count). The smallest absolute Gasteiger partial charge is 0.338 e. The molecule has 7 aliphatic rings. The summed E-state index contributed by atoms with van der Waals surface area (Å²) in [5.74, 6) is -1.71. The van der Waals surface area contributed by atoms with Crippen molar-refractivity contribution in [3.63, 3.8) is 0 Å². The van der Waals surface area contributed by atoms with Gasteiger partial charge in [-0.05, 0) is 101 Å². The third-order valence-corrected chi connectivity index (χ3v) is 18.3. The van der Waals surface area contributed by atoms with Crippen molar-refractivity contribution in [3.05, 3.63) is 35.9 Å². The molecule has 25 atom stereocenters. The van der Waals surface area contributed by atoms with Gasteiger partial charge in [-0.15, -0.1) is 0 Å². The molecule has 3 saturated heterocycles. The van der Waals surface area contributed by atoms with Crippen LogP contribution < -0.4 is 0 Å². The molecule has 0 radical (unpaired) electrons. The average Bonchev–Trinajstić information content (AvgIpc) is 3.59. The Morgan fingerprint density at radius 3 is 2.04 bits per heavy atom. The highest BCUT2D eigenvalue weighted by Gasteiger charge is 2.78. The minimum Gasteiger partial charge on any atom is -0.462 e. The molecular formula is C52H80O21. The summed E-state index contributed by atoms with van der Waals surface area (Å²) in [6, 6.07) is 8.53. The zero-order chi connectivity index (χ0) is 53.1. The first kappa shape index (κ1) is 56.7. The number of hydrogen-bond donors (Lipinski definition) is 10. The van der Waals surface area contributed by atoms with Crippen LogP contribution in [-0.4, -0.2) is 205 Å². The maximum Gasteiger partial charge on any atom is 0.338 e. The quantitative estimate of drug-likeness (QED) is 0.0829. The van der Waals surface area contributed by atoms with Gasteiger partial charge in [0.05, 0.1) is 31.0 Å². The Bertz CT molecular complexity index is 2030. The molecule has 0 bridgehead atoms. The molecule has 73 heavy (non-hydrogen) atoms. The Balaban J connectivity index is 0.931. The van der Waals surface area contributed by atoms with E-state index in [4.69, 9.17) is 42.6 Å². The summed E-state index contributed by atoms with van der Waals surface area (Å²) >= 11 is 0. The number of aliphatic hydroxyl groups excluding tert-OH is 8. The molecule has 21 nitrogen and oxygen atoms in total. The largest absolute Gasteiger partial charge is 0.462 e. The molecule has 0 spiro atoms. The fourth-order valence-corrected chi connectivity index (χ4v) is 14.2. The number of carbonyl (C=O) groups is 2. The first-order valence-corrected chi connectivity index (χ1v) is 26.1. The Labute approximate surface area is 425 Å². The Morgan fingerprint density at radius 2 is 1.38 bits per heavy atom. The van der Waals surface area contributed by atoms with E-state index in [1.807, 2.05) is 27.7 Å². The second-order valence-electron chi connectivity index (χ2n) is 22.9. The van der Waals surface area contributed by atoms with Crippen molar-refractivity contribution in [2.24, 2.45) is 34.5 Å². The molecule has 4 aliphatic carbocycles. The minimum atomic E-state index is -1.90. The number of fused-ring (bicyclic) bond motifs is 5. The number of rotatable bonds is 15. The van der Waals surface area contributed by atoms with E-state index in [9.17, 15) is 60.7 Å². The minimum absolute atomic E-state index is 0.0136. The van der Waals surface area contributed by atoms with Crippen molar-refractivity contribution >= 4 is 11.9 Å². The molecular weight excluding hydrogens is 961 g/mol. The van der Waals surface area contributed by atoms with Gasteiger partial charge in [0.1, 0.15) is 90.6 Å². The van der Waals surface area contributed by atoms with Crippen LogP contribution in [0.4, 0.5) is 0 Å². The van der Waals surface area contributed by atoms with Gasteiger partial charge in [0, 0.05) is 24.9 Å². The fraction of sp³-hybridized carbons (Fsp3) is 0.846. The van der Waals surface area contributed by atoms with Gasteiger partial charge in [0.2, 0.25) is 0 Å². The van der Waals surface area contributed by atoms with Gasteiger partial charge in [-0.2, -0.15) is 0 Å². The van der Waals surface area contributed by atoms with Crippen molar-refractivity contribution < 1.29 is 103 Å². The van der Waals surface area contributed by atoms with Gasteiger partial charge in [-0.3, -0.25) is 4.79 Å². The van der Waals surface area contributed by atoms with Gasteiger partial charge in [0.15, 0.2) is 18.9 Å². The van der Waals surface area contributed by atoms with Crippen molar-refractivity contribution in [3.8, 4) is 0 Å². The molecule has 3 aliphatic heterocycles. The lowest BCUT2D eigenvalue weighted by molar-refractivity contribution is -0.367. The lowest BCUT2D eigenvalue weighted by Crippen LogP contribution is -2.76. The summed E-state index contributed by atoms with van der Waals surface area (Å²) in [6.07, 6.45) is -20.4. The number of ether oxygens (including phenoxy) is 9. The number of aliphatic hydroxyl groups is 10. The van der Waals surface area contributed by atoms with E-state index in [1.54, 1.807) is 37.3 Å². The lowest BCUT2D eigenvalue weighted by Gasteiger charge is -2.67. The molecule has 1 aromatic carbocycles. The average molecular weight is 1040 g/mol. The maximum atomic E-state index is 13.8. The lowest BCUT2D eigenvalue weighted by atomic mass is 9.41. The summed E-state index contributed by atoms with van der Waals surface area (Å²) in [7, 11) is 1.35. The molecule has 7 fully saturated rings. The van der Waals surface area contributed by atoms with E-state index in [2.05, 4.69) is 6.92 Å². The summed E-state index contributed by atoms with van der Waals surface area (Å²) in [6.45, 7) is 10.2. The van der Waals surface area contributed by atoms with Crippen LogP contribution in [0.1, 0.15) is 110 Å². The van der Waals surface area contributed by atoms with E-state index in [0.29, 0.717) is 44.1 Å².